The molecule has 3 heterocycles. The summed E-state index contributed by atoms with van der Waals surface area (Å²) in [5.74, 6) is -1.57. The third-order valence-electron chi connectivity index (χ3n) is 7.12. The Kier molecular flexibility index (Phi) is 7.21. The molecule has 0 spiro atoms. The number of carbonyl (C=O) groups excluding carboxylic acids is 1. The van der Waals surface area contributed by atoms with Crippen molar-refractivity contribution in [1.29, 1.82) is 0 Å². The molecule has 1 aliphatic heterocycles. The van der Waals surface area contributed by atoms with E-state index in [9.17, 15) is 19.8 Å². The molecule has 0 fully saturated rings. The maximum atomic E-state index is 13.7. The number of amides is 1. The Bertz CT molecular complexity index is 1560. The van der Waals surface area contributed by atoms with Gasteiger partial charge in [0.1, 0.15) is 12.4 Å². The summed E-state index contributed by atoms with van der Waals surface area (Å²) in [6.07, 6.45) is 0.569. The minimum atomic E-state index is -0.894. The number of rotatable bonds is 8. The highest BCUT2D eigenvalue weighted by molar-refractivity contribution is 5.86. The third kappa shape index (κ3) is 4.90. The van der Waals surface area contributed by atoms with E-state index in [4.69, 9.17) is 18.6 Å². The van der Waals surface area contributed by atoms with E-state index in [0.717, 1.165) is 22.7 Å². The third-order valence-corrected chi connectivity index (χ3v) is 7.12. The lowest BCUT2D eigenvalue weighted by atomic mass is 9.90. The summed E-state index contributed by atoms with van der Waals surface area (Å²) in [6, 6.07) is 12.3. The van der Waals surface area contributed by atoms with Gasteiger partial charge in [-0.05, 0) is 35.7 Å². The Hall–Kier alpha value is -4.44. The molecule has 0 saturated heterocycles. The number of hydrogen-bond acceptors (Lipinski definition) is 8. The van der Waals surface area contributed by atoms with Crippen LogP contribution in [0, 0.1) is 0 Å². The number of benzene rings is 2. The standard InChI is InChI=1S/C29H30N2O8/c1-36-15-17-12-23(32)27(34)29(39-17)20(16-10-24(37-2)28(35)25(11-16)38-3)13-26(33)31-9-8-19-18-6-4-5-7-21(18)30-22(19)14-31/h4-7,10-12,20,30,34-35H,8-9,13-15H2,1-3H3/t20-/m0/s1. The van der Waals surface area contributed by atoms with E-state index in [0.29, 0.717) is 25.1 Å². The highest BCUT2D eigenvalue weighted by atomic mass is 16.5. The number of para-hydroxylation sites is 1. The minimum Gasteiger partial charge on any atom is -0.502 e. The Morgan fingerprint density at radius 2 is 1.79 bits per heavy atom. The molecule has 2 aromatic heterocycles. The number of H-pyrrole nitrogens is 1. The molecule has 3 N–H and O–H groups in total. The number of nitrogens with one attached hydrogen (secondary N) is 1. The number of aromatic nitrogens is 1. The number of fused-ring (bicyclic) bond motifs is 3. The average molecular weight is 535 g/mol. The fourth-order valence-corrected chi connectivity index (χ4v) is 5.19. The summed E-state index contributed by atoms with van der Waals surface area (Å²) >= 11 is 0. The number of methoxy groups -OCH3 is 3. The quantitative estimate of drug-likeness (QED) is 0.311. The predicted octanol–water partition coefficient (Wildman–Crippen LogP) is 3.80. The van der Waals surface area contributed by atoms with Crippen molar-refractivity contribution in [3.63, 3.8) is 0 Å². The first-order valence-corrected chi connectivity index (χ1v) is 12.5. The molecule has 10 heteroatoms. The molecule has 0 saturated carbocycles. The van der Waals surface area contributed by atoms with Crippen LogP contribution >= 0.6 is 0 Å². The van der Waals surface area contributed by atoms with Crippen molar-refractivity contribution >= 4 is 16.8 Å². The topological polar surface area (TPSA) is 134 Å². The van der Waals surface area contributed by atoms with Gasteiger partial charge in [0.15, 0.2) is 17.3 Å². The fraction of sp³-hybridized carbons (Fsp3) is 0.310. The number of phenols is 1. The molecule has 1 aliphatic rings. The number of ether oxygens (including phenoxy) is 3. The second-order valence-electron chi connectivity index (χ2n) is 9.45. The van der Waals surface area contributed by atoms with Gasteiger partial charge in [0.2, 0.25) is 22.8 Å². The van der Waals surface area contributed by atoms with Crippen LogP contribution in [-0.2, 0) is 29.1 Å². The maximum Gasteiger partial charge on any atom is 0.227 e. The fourth-order valence-electron chi connectivity index (χ4n) is 5.19. The molecular weight excluding hydrogens is 504 g/mol. The molecule has 204 valence electrons. The molecule has 1 amide bonds. The van der Waals surface area contributed by atoms with E-state index in [1.165, 1.54) is 39.0 Å². The molecule has 2 aromatic carbocycles. The first-order chi connectivity index (χ1) is 18.8. The van der Waals surface area contributed by atoms with Crippen LogP contribution in [0.5, 0.6) is 23.0 Å². The average Bonchev–Trinajstić information content (AvgIpc) is 3.32. The van der Waals surface area contributed by atoms with Crippen LogP contribution < -0.4 is 14.9 Å². The van der Waals surface area contributed by atoms with Gasteiger partial charge in [-0.2, -0.15) is 0 Å². The summed E-state index contributed by atoms with van der Waals surface area (Å²) in [5.41, 5.74) is 3.01. The molecule has 4 aromatic rings. The van der Waals surface area contributed by atoms with E-state index in [1.807, 2.05) is 18.2 Å². The number of aromatic amines is 1. The lowest BCUT2D eigenvalue weighted by Gasteiger charge is -2.29. The van der Waals surface area contributed by atoms with E-state index >= 15 is 0 Å². The van der Waals surface area contributed by atoms with Crippen molar-refractivity contribution < 1.29 is 33.6 Å². The Labute approximate surface area is 224 Å². The minimum absolute atomic E-state index is 0.000686. The molecule has 1 atom stereocenters. The molecule has 10 nitrogen and oxygen atoms in total. The van der Waals surface area contributed by atoms with E-state index in [-0.39, 0.29) is 47.7 Å². The van der Waals surface area contributed by atoms with Crippen molar-refractivity contribution in [2.45, 2.75) is 31.9 Å². The zero-order chi connectivity index (χ0) is 27.7. The van der Waals surface area contributed by atoms with Gasteiger partial charge >= 0.3 is 0 Å². The molecule has 39 heavy (non-hydrogen) atoms. The molecular formula is C29H30N2O8. The molecule has 0 bridgehead atoms. The van der Waals surface area contributed by atoms with E-state index in [2.05, 4.69) is 11.1 Å². The van der Waals surface area contributed by atoms with Gasteiger partial charge in [0.25, 0.3) is 0 Å². The summed E-state index contributed by atoms with van der Waals surface area (Å²) in [6.45, 7) is 0.917. The van der Waals surface area contributed by atoms with Gasteiger partial charge in [-0.15, -0.1) is 0 Å². The Morgan fingerprint density at radius 1 is 1.08 bits per heavy atom. The van der Waals surface area contributed by atoms with Crippen LogP contribution in [0.3, 0.4) is 0 Å². The summed E-state index contributed by atoms with van der Waals surface area (Å²) in [5, 5.41) is 22.4. The van der Waals surface area contributed by atoms with Crippen molar-refractivity contribution in [3.8, 4) is 23.0 Å². The van der Waals surface area contributed by atoms with Crippen LogP contribution in [-0.4, -0.2) is 53.9 Å². The number of phenolic OH excluding ortho intramolecular Hbond substituents is 1. The Balaban J connectivity index is 1.54. The van der Waals surface area contributed by atoms with Gasteiger partial charge in [-0.3, -0.25) is 9.59 Å². The van der Waals surface area contributed by atoms with Crippen molar-refractivity contribution in [2.75, 3.05) is 27.9 Å². The summed E-state index contributed by atoms with van der Waals surface area (Å²) < 4.78 is 21.7. The lowest BCUT2D eigenvalue weighted by molar-refractivity contribution is -0.132. The van der Waals surface area contributed by atoms with Gasteiger partial charge < -0.3 is 38.7 Å². The number of aromatic hydroxyl groups is 2. The van der Waals surface area contributed by atoms with Crippen LogP contribution in [0.2, 0.25) is 0 Å². The van der Waals surface area contributed by atoms with Crippen molar-refractivity contribution in [2.24, 2.45) is 0 Å². The van der Waals surface area contributed by atoms with Gasteiger partial charge in [-0.1, -0.05) is 18.2 Å². The summed E-state index contributed by atoms with van der Waals surface area (Å²) in [4.78, 5) is 31.5. The van der Waals surface area contributed by atoms with E-state index < -0.39 is 17.1 Å². The predicted molar refractivity (Wildman–Crippen MR) is 142 cm³/mol. The van der Waals surface area contributed by atoms with Crippen LogP contribution in [0.15, 0.2) is 51.7 Å². The van der Waals surface area contributed by atoms with Gasteiger partial charge in [-0.25, -0.2) is 0 Å². The second-order valence-corrected chi connectivity index (χ2v) is 9.45. The van der Waals surface area contributed by atoms with Crippen LogP contribution in [0.1, 0.15) is 40.7 Å². The number of hydrogen-bond donors (Lipinski definition) is 3. The van der Waals surface area contributed by atoms with Crippen LogP contribution in [0.25, 0.3) is 10.9 Å². The zero-order valence-electron chi connectivity index (χ0n) is 21.9. The van der Waals surface area contributed by atoms with Crippen LogP contribution in [0.4, 0.5) is 0 Å². The lowest BCUT2D eigenvalue weighted by Crippen LogP contribution is -2.36. The molecule has 5 rings (SSSR count). The van der Waals surface area contributed by atoms with Crippen molar-refractivity contribution in [3.05, 3.63) is 81.0 Å². The first kappa shape index (κ1) is 26.2. The molecule has 0 aliphatic carbocycles. The smallest absolute Gasteiger partial charge is 0.227 e. The number of carbonyl (C=O) groups is 1. The largest absolute Gasteiger partial charge is 0.502 e. The first-order valence-electron chi connectivity index (χ1n) is 12.5. The Morgan fingerprint density at radius 3 is 2.49 bits per heavy atom. The normalized spacial score (nSPS) is 13.8. The van der Waals surface area contributed by atoms with Gasteiger partial charge in [0, 0.05) is 42.7 Å². The molecule has 0 radical (unpaired) electrons. The molecule has 0 unspecified atom stereocenters. The maximum absolute atomic E-state index is 13.7. The van der Waals surface area contributed by atoms with E-state index in [1.54, 1.807) is 4.90 Å². The highest BCUT2D eigenvalue weighted by Crippen LogP contribution is 2.43. The van der Waals surface area contributed by atoms with Crippen molar-refractivity contribution in [1.82, 2.24) is 9.88 Å². The van der Waals surface area contributed by atoms with Gasteiger partial charge in [0.05, 0.1) is 26.7 Å². The summed E-state index contributed by atoms with van der Waals surface area (Å²) in [7, 11) is 4.24. The SMILES string of the molecule is COCc1cc(=O)c(O)c([C@@H](CC(=O)N2CCc3c([nH]c4ccccc34)C2)c2cc(OC)c(O)c(OC)c2)o1. The highest BCUT2D eigenvalue weighted by Gasteiger charge is 2.31. The zero-order valence-corrected chi connectivity index (χ0v) is 21.9. The second kappa shape index (κ2) is 10.7. The monoisotopic (exact) mass is 534 g/mol. The number of nitrogens with zero attached hydrogens (tertiary/aromatic N) is 1.